The van der Waals surface area contributed by atoms with Crippen molar-refractivity contribution in [3.63, 3.8) is 0 Å². The average Bonchev–Trinajstić information content (AvgIpc) is 2.91. The minimum atomic E-state index is -0.0236. The van der Waals surface area contributed by atoms with Crippen LogP contribution < -0.4 is 0 Å². The summed E-state index contributed by atoms with van der Waals surface area (Å²) in [5.74, 6) is 0. The predicted octanol–water partition coefficient (Wildman–Crippen LogP) is 13.2. The molecule has 0 fully saturated rings. The summed E-state index contributed by atoms with van der Waals surface area (Å²) in [6.07, 6.45) is 39.0. The minimum absolute atomic E-state index is 0.0236. The fraction of sp³-hybridized carbons (Fsp3) is 0.512. The van der Waals surface area contributed by atoms with Crippen LogP contribution in [0.4, 0.5) is 0 Å². The Morgan fingerprint density at radius 2 is 1.00 bits per heavy atom. The first kappa shape index (κ1) is 39.4. The van der Waals surface area contributed by atoms with Crippen molar-refractivity contribution in [1.29, 1.82) is 0 Å². The molecular weight excluding hydrogens is 508 g/mol. The molecular formula is C41H64O. The van der Waals surface area contributed by atoms with Gasteiger partial charge in [0.15, 0.2) is 0 Å². The molecule has 0 aliphatic heterocycles. The van der Waals surface area contributed by atoms with Gasteiger partial charge in [0, 0.05) is 7.11 Å². The fourth-order valence-electron chi connectivity index (χ4n) is 4.19. The second-order valence-electron chi connectivity index (χ2n) is 12.8. The van der Waals surface area contributed by atoms with Gasteiger partial charge in [0.05, 0.1) is 5.60 Å². The molecule has 0 aromatic heterocycles. The highest BCUT2D eigenvalue weighted by Crippen LogP contribution is 2.19. The van der Waals surface area contributed by atoms with Gasteiger partial charge in [-0.2, -0.15) is 0 Å². The quantitative estimate of drug-likeness (QED) is 0.104. The molecule has 0 unspecified atom stereocenters. The number of ether oxygens (including phenoxy) is 1. The molecule has 1 nitrogen and oxygen atoms in total. The van der Waals surface area contributed by atoms with Crippen LogP contribution in [-0.2, 0) is 4.74 Å². The second-order valence-corrected chi connectivity index (χ2v) is 12.8. The molecule has 0 aromatic carbocycles. The van der Waals surface area contributed by atoms with Crippen molar-refractivity contribution >= 4 is 0 Å². The Balaban J connectivity index is 4.47. The number of hydrogen-bond acceptors (Lipinski definition) is 1. The first-order chi connectivity index (χ1) is 19.8. The lowest BCUT2D eigenvalue weighted by Crippen LogP contribution is -2.21. The van der Waals surface area contributed by atoms with Gasteiger partial charge < -0.3 is 4.74 Å². The van der Waals surface area contributed by atoms with Crippen LogP contribution >= 0.6 is 0 Å². The van der Waals surface area contributed by atoms with Gasteiger partial charge in [0.25, 0.3) is 0 Å². The molecule has 0 saturated carbocycles. The zero-order chi connectivity index (χ0) is 31.8. The van der Waals surface area contributed by atoms with E-state index in [1.165, 1.54) is 45.4 Å². The van der Waals surface area contributed by atoms with Gasteiger partial charge >= 0.3 is 0 Å². The van der Waals surface area contributed by atoms with E-state index in [0.717, 1.165) is 51.4 Å². The molecule has 1 heteroatoms. The average molecular weight is 573 g/mol. The molecule has 0 aliphatic carbocycles. The maximum absolute atomic E-state index is 5.51. The van der Waals surface area contributed by atoms with Crippen molar-refractivity contribution in [3.8, 4) is 0 Å². The number of rotatable bonds is 20. The van der Waals surface area contributed by atoms with Gasteiger partial charge in [-0.1, -0.05) is 118 Å². The molecule has 0 bridgehead atoms. The maximum atomic E-state index is 5.51. The van der Waals surface area contributed by atoms with E-state index >= 15 is 0 Å². The van der Waals surface area contributed by atoms with Crippen LogP contribution in [0, 0.1) is 0 Å². The summed E-state index contributed by atoms with van der Waals surface area (Å²) >= 11 is 0. The van der Waals surface area contributed by atoms with Crippen LogP contribution in [0.1, 0.15) is 127 Å². The predicted molar refractivity (Wildman–Crippen MR) is 192 cm³/mol. The molecule has 0 radical (unpaired) electrons. The Bertz CT molecular complexity index is 1070. The molecule has 0 rings (SSSR count). The molecule has 0 aliphatic rings. The maximum Gasteiger partial charge on any atom is 0.0622 e. The molecule has 0 amide bonds. The third-order valence-electron chi connectivity index (χ3n) is 7.36. The summed E-state index contributed by atoms with van der Waals surface area (Å²) in [7, 11) is 1.79. The summed E-state index contributed by atoms with van der Waals surface area (Å²) in [5.41, 5.74) is 9.70. The lowest BCUT2D eigenvalue weighted by atomic mass is 9.99. The van der Waals surface area contributed by atoms with Crippen LogP contribution in [-0.4, -0.2) is 12.7 Å². The second kappa shape index (κ2) is 23.9. The van der Waals surface area contributed by atoms with E-state index in [0.29, 0.717) is 0 Å². The van der Waals surface area contributed by atoms with E-state index in [2.05, 4.69) is 148 Å². The fourth-order valence-corrected chi connectivity index (χ4v) is 4.19. The lowest BCUT2D eigenvalue weighted by molar-refractivity contribution is 0.0140. The molecule has 0 spiro atoms. The number of hydrogen-bond donors (Lipinski definition) is 0. The van der Waals surface area contributed by atoms with Gasteiger partial charge in [-0.05, 0) is 127 Å². The topological polar surface area (TPSA) is 9.23 Å². The van der Waals surface area contributed by atoms with Crippen LogP contribution in [0.25, 0.3) is 0 Å². The highest BCUT2D eigenvalue weighted by Gasteiger charge is 2.14. The highest BCUT2D eigenvalue weighted by molar-refractivity contribution is 5.27. The molecule has 234 valence electrons. The molecule has 0 aromatic rings. The lowest BCUT2D eigenvalue weighted by Gasteiger charge is -2.22. The van der Waals surface area contributed by atoms with Gasteiger partial charge in [0.1, 0.15) is 0 Å². The summed E-state index contributed by atoms with van der Waals surface area (Å²) < 4.78 is 5.51. The van der Waals surface area contributed by atoms with Gasteiger partial charge in [-0.25, -0.2) is 0 Å². The van der Waals surface area contributed by atoms with Gasteiger partial charge in [0.2, 0.25) is 0 Å². The van der Waals surface area contributed by atoms with Crippen LogP contribution in [0.5, 0.6) is 0 Å². The summed E-state index contributed by atoms with van der Waals surface area (Å²) in [5, 5.41) is 0. The van der Waals surface area contributed by atoms with E-state index in [4.69, 9.17) is 4.74 Å². The van der Waals surface area contributed by atoms with E-state index in [9.17, 15) is 0 Å². The van der Waals surface area contributed by atoms with Crippen molar-refractivity contribution < 1.29 is 4.74 Å². The van der Waals surface area contributed by atoms with Crippen molar-refractivity contribution in [1.82, 2.24) is 0 Å². The summed E-state index contributed by atoms with van der Waals surface area (Å²) in [6, 6.07) is 0. The van der Waals surface area contributed by atoms with Crippen LogP contribution in [0.3, 0.4) is 0 Å². The molecule has 42 heavy (non-hydrogen) atoms. The van der Waals surface area contributed by atoms with Crippen molar-refractivity contribution in [2.75, 3.05) is 7.11 Å². The highest BCUT2D eigenvalue weighted by atomic mass is 16.5. The summed E-state index contributed by atoms with van der Waals surface area (Å²) in [4.78, 5) is 0. The van der Waals surface area contributed by atoms with E-state index in [-0.39, 0.29) is 5.60 Å². The smallest absolute Gasteiger partial charge is 0.0622 e. The molecule has 0 saturated heterocycles. The first-order valence-electron chi connectivity index (χ1n) is 16.0. The zero-order valence-electron chi connectivity index (χ0n) is 29.3. The van der Waals surface area contributed by atoms with E-state index in [1.807, 2.05) is 0 Å². The molecule has 0 heterocycles. The van der Waals surface area contributed by atoms with Crippen LogP contribution in [0.15, 0.2) is 118 Å². The third-order valence-corrected chi connectivity index (χ3v) is 7.36. The Hall–Kier alpha value is -2.64. The Kier molecular flexibility index (Phi) is 22.4. The SMILES string of the molecule is COC(C)(C)CCC/C(C)=C/C=C/C(C)=C/CC/C(C)=C/C=C/C=C(C)/C=C\C=C(\C)CC/C=C(\C)CCC=C(C)C. The Morgan fingerprint density at radius 3 is 1.60 bits per heavy atom. The van der Waals surface area contributed by atoms with Gasteiger partial charge in [-0.15, -0.1) is 0 Å². The molecule has 0 N–H and O–H groups in total. The number of allylic oxidation sites excluding steroid dienone is 20. The van der Waals surface area contributed by atoms with Crippen LogP contribution in [0.2, 0.25) is 0 Å². The zero-order valence-corrected chi connectivity index (χ0v) is 29.3. The standard InChI is InChI=1S/C41H64O/c1-34(2)20-14-23-37(5)26-17-29-38(6)27-15-24-35(3)21-12-13-22-36(4)25-16-28-39(7)30-18-31-40(8)32-19-33-41(9,10)42-11/h12-13,15,18,20-22,24,26-28,30-31H,14,16-17,19,23,25,29,32-33H2,1-11H3/b13-12+,24-15-,30-18+,35-21+,36-22+,37-26+,38-27-,39-28+,40-31+. The normalized spacial score (nSPS) is 15.1. The first-order valence-corrected chi connectivity index (χ1v) is 16.0. The van der Waals surface area contributed by atoms with Crippen molar-refractivity contribution in [3.05, 3.63) is 118 Å². The summed E-state index contributed by atoms with van der Waals surface area (Å²) in [6.45, 7) is 21.9. The van der Waals surface area contributed by atoms with Gasteiger partial charge in [-0.3, -0.25) is 0 Å². The van der Waals surface area contributed by atoms with Crippen molar-refractivity contribution in [2.24, 2.45) is 0 Å². The number of methoxy groups -OCH3 is 1. The largest absolute Gasteiger partial charge is 0.379 e. The van der Waals surface area contributed by atoms with E-state index < -0.39 is 0 Å². The third kappa shape index (κ3) is 25.1. The Labute approximate surface area is 262 Å². The Morgan fingerprint density at radius 1 is 0.524 bits per heavy atom. The molecule has 0 atom stereocenters. The monoisotopic (exact) mass is 572 g/mol. The van der Waals surface area contributed by atoms with E-state index in [1.54, 1.807) is 7.11 Å². The van der Waals surface area contributed by atoms with Crippen molar-refractivity contribution in [2.45, 2.75) is 133 Å². The minimum Gasteiger partial charge on any atom is -0.379 e.